The molecule has 1 saturated carbocycles. The topological polar surface area (TPSA) is 41.8 Å². The minimum Gasteiger partial charge on any atom is -0.358 e. The molecule has 1 aromatic heterocycles. The summed E-state index contributed by atoms with van der Waals surface area (Å²) in [6.07, 6.45) is 6.36. The minimum absolute atomic E-state index is 0.198. The lowest BCUT2D eigenvalue weighted by molar-refractivity contribution is 0.445. The van der Waals surface area contributed by atoms with Gasteiger partial charge in [-0.2, -0.15) is 0 Å². The van der Waals surface area contributed by atoms with E-state index in [1.54, 1.807) is 0 Å². The molecule has 2 heteroatoms. The van der Waals surface area contributed by atoms with E-state index in [1.165, 1.54) is 53.4 Å². The van der Waals surface area contributed by atoms with Gasteiger partial charge in [0.1, 0.15) is 0 Å². The molecule has 0 saturated heterocycles. The molecule has 0 aliphatic heterocycles. The van der Waals surface area contributed by atoms with Crippen molar-refractivity contribution in [2.45, 2.75) is 52.0 Å². The van der Waals surface area contributed by atoms with Crippen LogP contribution in [0.3, 0.4) is 0 Å². The Morgan fingerprint density at radius 3 is 2.74 bits per heavy atom. The molecule has 1 heterocycles. The molecule has 102 valence electrons. The summed E-state index contributed by atoms with van der Waals surface area (Å²) in [6, 6.07) is 6.93. The largest absolute Gasteiger partial charge is 0.358 e. The third-order valence-electron chi connectivity index (χ3n) is 4.75. The summed E-state index contributed by atoms with van der Waals surface area (Å²) in [7, 11) is 0. The van der Waals surface area contributed by atoms with Crippen molar-refractivity contribution in [2.75, 3.05) is 0 Å². The van der Waals surface area contributed by atoms with Crippen molar-refractivity contribution < 1.29 is 0 Å². The van der Waals surface area contributed by atoms with Crippen molar-refractivity contribution in [1.29, 1.82) is 0 Å². The van der Waals surface area contributed by atoms with Gasteiger partial charge < -0.3 is 10.7 Å². The Labute approximate surface area is 115 Å². The van der Waals surface area contributed by atoms with Crippen LogP contribution in [0, 0.1) is 12.8 Å². The van der Waals surface area contributed by atoms with Crippen LogP contribution in [0.5, 0.6) is 0 Å². The van der Waals surface area contributed by atoms with Gasteiger partial charge in [0.05, 0.1) is 0 Å². The van der Waals surface area contributed by atoms with Gasteiger partial charge in [0.25, 0.3) is 0 Å². The van der Waals surface area contributed by atoms with Gasteiger partial charge in [0, 0.05) is 22.6 Å². The first-order valence-corrected chi connectivity index (χ1v) is 7.57. The Morgan fingerprint density at radius 1 is 1.32 bits per heavy atom. The molecule has 1 fully saturated rings. The van der Waals surface area contributed by atoms with Crippen LogP contribution >= 0.6 is 0 Å². The minimum atomic E-state index is 0.198. The second-order valence-electron chi connectivity index (χ2n) is 5.97. The van der Waals surface area contributed by atoms with Gasteiger partial charge in [-0.25, -0.2) is 0 Å². The maximum Gasteiger partial charge on any atom is 0.0459 e. The Balaban J connectivity index is 2.07. The van der Waals surface area contributed by atoms with Crippen LogP contribution < -0.4 is 5.73 Å². The zero-order valence-corrected chi connectivity index (χ0v) is 12.0. The molecule has 0 radical (unpaired) electrons. The maximum atomic E-state index is 6.58. The summed E-state index contributed by atoms with van der Waals surface area (Å²) in [5.74, 6) is 0.669. The average molecular weight is 256 g/mol. The van der Waals surface area contributed by atoms with Crippen LogP contribution in [0.4, 0.5) is 0 Å². The first-order chi connectivity index (χ1) is 9.20. The zero-order chi connectivity index (χ0) is 13.4. The van der Waals surface area contributed by atoms with E-state index in [2.05, 4.69) is 37.0 Å². The Morgan fingerprint density at radius 2 is 2.05 bits per heavy atom. The standard InChI is InChI=1S/C17H24N2/c1-3-12-8-9-15-14(10-12)16(11(2)19-15)17(18)13-6-4-5-7-13/h8-10,13,17,19H,3-7,18H2,1-2H3. The van der Waals surface area contributed by atoms with Crippen LogP contribution in [0.2, 0.25) is 0 Å². The number of aromatic nitrogens is 1. The van der Waals surface area contributed by atoms with Gasteiger partial charge in [0.2, 0.25) is 0 Å². The van der Waals surface area contributed by atoms with Gasteiger partial charge in [-0.1, -0.05) is 25.8 Å². The molecule has 3 N–H and O–H groups in total. The number of nitrogens with one attached hydrogen (secondary N) is 1. The van der Waals surface area contributed by atoms with Gasteiger partial charge in [-0.3, -0.25) is 0 Å². The molecular formula is C17H24N2. The molecule has 0 bridgehead atoms. The lowest BCUT2D eigenvalue weighted by atomic mass is 9.90. The molecule has 0 amide bonds. The first kappa shape index (κ1) is 12.7. The molecule has 3 rings (SSSR count). The predicted molar refractivity (Wildman–Crippen MR) is 81.3 cm³/mol. The number of aryl methyl sites for hydroxylation is 2. The van der Waals surface area contributed by atoms with E-state index in [-0.39, 0.29) is 6.04 Å². The Kier molecular flexibility index (Phi) is 3.36. The summed E-state index contributed by atoms with van der Waals surface area (Å²) in [5.41, 5.74) is 11.8. The molecule has 1 aromatic carbocycles. The highest BCUT2D eigenvalue weighted by atomic mass is 14.8. The van der Waals surface area contributed by atoms with Crippen molar-refractivity contribution in [2.24, 2.45) is 11.7 Å². The summed E-state index contributed by atoms with van der Waals surface area (Å²) in [5, 5.41) is 1.34. The third kappa shape index (κ3) is 2.18. The second kappa shape index (κ2) is 5.01. The lowest BCUT2D eigenvalue weighted by Gasteiger charge is -2.19. The normalized spacial score (nSPS) is 18.3. The molecule has 2 aromatic rings. The number of aromatic amines is 1. The van der Waals surface area contributed by atoms with E-state index in [4.69, 9.17) is 5.73 Å². The fraction of sp³-hybridized carbons (Fsp3) is 0.529. The van der Waals surface area contributed by atoms with Crippen LogP contribution in [0.25, 0.3) is 10.9 Å². The van der Waals surface area contributed by atoms with E-state index in [0.717, 1.165) is 6.42 Å². The highest BCUT2D eigenvalue weighted by Crippen LogP contribution is 2.38. The zero-order valence-electron chi connectivity index (χ0n) is 12.0. The van der Waals surface area contributed by atoms with Crippen molar-refractivity contribution in [1.82, 2.24) is 4.98 Å². The van der Waals surface area contributed by atoms with Gasteiger partial charge in [-0.05, 0) is 55.4 Å². The monoisotopic (exact) mass is 256 g/mol. The lowest BCUT2D eigenvalue weighted by Crippen LogP contribution is -2.19. The molecule has 1 atom stereocenters. The maximum absolute atomic E-state index is 6.58. The van der Waals surface area contributed by atoms with Crippen LogP contribution in [0.15, 0.2) is 18.2 Å². The number of fused-ring (bicyclic) bond motifs is 1. The van der Waals surface area contributed by atoms with Gasteiger partial charge in [0.15, 0.2) is 0 Å². The predicted octanol–water partition coefficient (Wildman–Crippen LogP) is 4.23. The van der Waals surface area contributed by atoms with E-state index in [1.807, 2.05) is 0 Å². The number of rotatable bonds is 3. The highest BCUT2D eigenvalue weighted by molar-refractivity contribution is 5.85. The van der Waals surface area contributed by atoms with Crippen LogP contribution in [-0.2, 0) is 6.42 Å². The fourth-order valence-electron chi connectivity index (χ4n) is 3.60. The second-order valence-corrected chi connectivity index (χ2v) is 5.97. The number of hydrogen-bond acceptors (Lipinski definition) is 1. The summed E-state index contributed by atoms with van der Waals surface area (Å²) in [4.78, 5) is 3.50. The van der Waals surface area contributed by atoms with Crippen LogP contribution in [0.1, 0.15) is 55.5 Å². The van der Waals surface area contributed by atoms with Crippen molar-refractivity contribution in [3.8, 4) is 0 Å². The molecule has 0 spiro atoms. The van der Waals surface area contributed by atoms with E-state index in [9.17, 15) is 0 Å². The fourth-order valence-corrected chi connectivity index (χ4v) is 3.60. The number of H-pyrrole nitrogens is 1. The first-order valence-electron chi connectivity index (χ1n) is 7.57. The summed E-state index contributed by atoms with van der Waals surface area (Å²) >= 11 is 0. The van der Waals surface area contributed by atoms with Crippen molar-refractivity contribution in [3.63, 3.8) is 0 Å². The molecule has 19 heavy (non-hydrogen) atoms. The Bertz CT molecular complexity index is 576. The smallest absolute Gasteiger partial charge is 0.0459 e. The Hall–Kier alpha value is -1.28. The third-order valence-corrected chi connectivity index (χ3v) is 4.75. The molecule has 1 aliphatic rings. The van der Waals surface area contributed by atoms with Crippen molar-refractivity contribution >= 4 is 10.9 Å². The number of benzene rings is 1. The highest BCUT2D eigenvalue weighted by Gasteiger charge is 2.26. The molecular weight excluding hydrogens is 232 g/mol. The van der Waals surface area contributed by atoms with Gasteiger partial charge in [-0.15, -0.1) is 0 Å². The molecule has 1 unspecified atom stereocenters. The van der Waals surface area contributed by atoms with Gasteiger partial charge >= 0.3 is 0 Å². The summed E-state index contributed by atoms with van der Waals surface area (Å²) < 4.78 is 0. The molecule has 1 aliphatic carbocycles. The van der Waals surface area contributed by atoms with E-state index in [0.29, 0.717) is 5.92 Å². The van der Waals surface area contributed by atoms with Crippen LogP contribution in [-0.4, -0.2) is 4.98 Å². The SMILES string of the molecule is CCc1ccc2[nH]c(C)c(C(N)C3CCCC3)c2c1. The number of nitrogens with two attached hydrogens (primary N) is 1. The summed E-state index contributed by atoms with van der Waals surface area (Å²) in [6.45, 7) is 4.37. The molecule has 2 nitrogen and oxygen atoms in total. The van der Waals surface area contributed by atoms with E-state index < -0.39 is 0 Å². The van der Waals surface area contributed by atoms with E-state index >= 15 is 0 Å². The van der Waals surface area contributed by atoms with Crippen molar-refractivity contribution in [3.05, 3.63) is 35.0 Å². The quantitative estimate of drug-likeness (QED) is 0.848. The average Bonchev–Trinajstić information content (AvgIpc) is 3.03. The number of hydrogen-bond donors (Lipinski definition) is 2.